The SMILES string of the molecule is CCN(CC)C(=O)CCC[Si](OC)(OC)OC. The van der Waals surface area contributed by atoms with E-state index >= 15 is 0 Å². The van der Waals surface area contributed by atoms with Crippen molar-refractivity contribution < 1.29 is 18.1 Å². The van der Waals surface area contributed by atoms with E-state index in [0.717, 1.165) is 19.5 Å². The molecule has 0 aromatic heterocycles. The van der Waals surface area contributed by atoms with Crippen LogP contribution in [0.25, 0.3) is 0 Å². The van der Waals surface area contributed by atoms with E-state index in [9.17, 15) is 4.79 Å². The molecule has 0 aromatic carbocycles. The van der Waals surface area contributed by atoms with Crippen molar-refractivity contribution in [3.05, 3.63) is 0 Å². The Morgan fingerprint density at radius 3 is 1.88 bits per heavy atom. The highest BCUT2D eigenvalue weighted by molar-refractivity contribution is 6.60. The molecule has 0 aliphatic heterocycles. The van der Waals surface area contributed by atoms with E-state index in [1.165, 1.54) is 0 Å². The molecular formula is C11H25NO4Si. The third kappa shape index (κ3) is 5.16. The zero-order valence-electron chi connectivity index (χ0n) is 11.6. The fraction of sp³-hybridized carbons (Fsp3) is 0.909. The molecule has 0 aliphatic carbocycles. The van der Waals surface area contributed by atoms with Gasteiger partial charge in [0.1, 0.15) is 0 Å². The Morgan fingerprint density at radius 2 is 1.53 bits per heavy atom. The lowest BCUT2D eigenvalue weighted by molar-refractivity contribution is -0.130. The second-order valence-electron chi connectivity index (χ2n) is 3.71. The lowest BCUT2D eigenvalue weighted by atomic mass is 10.3. The summed E-state index contributed by atoms with van der Waals surface area (Å²) in [5.74, 6) is 0.182. The summed E-state index contributed by atoms with van der Waals surface area (Å²) < 4.78 is 15.9. The molecule has 0 rings (SSSR count). The fourth-order valence-corrected chi connectivity index (χ4v) is 3.47. The molecule has 17 heavy (non-hydrogen) atoms. The van der Waals surface area contributed by atoms with Crippen molar-refractivity contribution in [3.63, 3.8) is 0 Å². The molecule has 0 spiro atoms. The van der Waals surface area contributed by atoms with Crippen LogP contribution >= 0.6 is 0 Å². The van der Waals surface area contributed by atoms with Gasteiger partial charge in [-0.05, 0) is 20.3 Å². The van der Waals surface area contributed by atoms with Crippen LogP contribution in [0.5, 0.6) is 0 Å². The largest absolute Gasteiger partial charge is 0.500 e. The summed E-state index contributed by atoms with van der Waals surface area (Å²) in [4.78, 5) is 13.6. The summed E-state index contributed by atoms with van der Waals surface area (Å²) in [6.45, 7) is 5.49. The first-order valence-corrected chi connectivity index (χ1v) is 7.95. The van der Waals surface area contributed by atoms with E-state index in [-0.39, 0.29) is 5.91 Å². The van der Waals surface area contributed by atoms with Crippen molar-refractivity contribution in [2.24, 2.45) is 0 Å². The molecule has 0 atom stereocenters. The van der Waals surface area contributed by atoms with Gasteiger partial charge in [-0.15, -0.1) is 0 Å². The quantitative estimate of drug-likeness (QED) is 0.592. The predicted molar refractivity (Wildman–Crippen MR) is 68.8 cm³/mol. The Balaban J connectivity index is 4.08. The lowest BCUT2D eigenvalue weighted by Crippen LogP contribution is -2.42. The molecule has 0 unspecified atom stereocenters. The summed E-state index contributed by atoms with van der Waals surface area (Å²) in [6.07, 6.45) is 1.25. The van der Waals surface area contributed by atoms with Crippen LogP contribution in [-0.4, -0.2) is 54.0 Å². The molecule has 0 bridgehead atoms. The standard InChI is InChI=1S/C11H25NO4Si/c1-6-12(7-2)11(13)9-8-10-17(14-3,15-4)16-5/h6-10H2,1-5H3. The Morgan fingerprint density at radius 1 is 1.06 bits per heavy atom. The predicted octanol–water partition coefficient (Wildman–Crippen LogP) is 1.51. The third-order valence-corrected chi connectivity index (χ3v) is 5.75. The summed E-state index contributed by atoms with van der Waals surface area (Å²) >= 11 is 0. The topological polar surface area (TPSA) is 48.0 Å². The van der Waals surface area contributed by atoms with Gasteiger partial charge in [0.25, 0.3) is 0 Å². The number of amides is 1. The average Bonchev–Trinajstić information content (AvgIpc) is 2.37. The van der Waals surface area contributed by atoms with Gasteiger partial charge in [-0.3, -0.25) is 4.79 Å². The highest BCUT2D eigenvalue weighted by atomic mass is 28.4. The van der Waals surface area contributed by atoms with Crippen molar-refractivity contribution in [2.75, 3.05) is 34.4 Å². The summed E-state index contributed by atoms with van der Waals surface area (Å²) in [6, 6.07) is 0.670. The van der Waals surface area contributed by atoms with Crippen LogP contribution in [0, 0.1) is 0 Å². The van der Waals surface area contributed by atoms with E-state index in [1.54, 1.807) is 21.3 Å². The van der Waals surface area contributed by atoms with Crippen molar-refractivity contribution in [1.29, 1.82) is 0 Å². The molecule has 102 valence electrons. The maximum Gasteiger partial charge on any atom is 0.500 e. The number of carbonyl (C=O) groups excluding carboxylic acids is 1. The number of nitrogens with zero attached hydrogens (tertiary/aromatic N) is 1. The smallest absolute Gasteiger partial charge is 0.377 e. The van der Waals surface area contributed by atoms with Crippen LogP contribution in [0.1, 0.15) is 26.7 Å². The summed E-state index contributed by atoms with van der Waals surface area (Å²) in [5, 5.41) is 0. The molecule has 0 radical (unpaired) electrons. The van der Waals surface area contributed by atoms with Crippen LogP contribution < -0.4 is 0 Å². The molecule has 0 saturated heterocycles. The molecular weight excluding hydrogens is 238 g/mol. The van der Waals surface area contributed by atoms with Crippen LogP contribution in [0.2, 0.25) is 6.04 Å². The van der Waals surface area contributed by atoms with Crippen LogP contribution in [0.15, 0.2) is 0 Å². The van der Waals surface area contributed by atoms with Crippen molar-refractivity contribution in [1.82, 2.24) is 4.90 Å². The van der Waals surface area contributed by atoms with Crippen LogP contribution in [-0.2, 0) is 18.1 Å². The van der Waals surface area contributed by atoms with Crippen LogP contribution in [0.4, 0.5) is 0 Å². The second-order valence-corrected chi connectivity index (χ2v) is 6.81. The number of rotatable bonds is 9. The van der Waals surface area contributed by atoms with E-state index < -0.39 is 8.80 Å². The Bertz CT molecular complexity index is 209. The average molecular weight is 263 g/mol. The maximum absolute atomic E-state index is 11.8. The first-order chi connectivity index (χ1) is 8.09. The van der Waals surface area contributed by atoms with E-state index in [4.69, 9.17) is 13.3 Å². The van der Waals surface area contributed by atoms with Gasteiger partial charge >= 0.3 is 8.80 Å². The van der Waals surface area contributed by atoms with Gasteiger partial charge < -0.3 is 18.2 Å². The summed E-state index contributed by atoms with van der Waals surface area (Å²) in [7, 11) is 2.26. The van der Waals surface area contributed by atoms with Crippen molar-refractivity contribution >= 4 is 14.7 Å². The lowest BCUT2D eigenvalue weighted by Gasteiger charge is -2.24. The molecule has 0 aliphatic rings. The van der Waals surface area contributed by atoms with Gasteiger partial charge in [0.15, 0.2) is 0 Å². The molecule has 6 heteroatoms. The van der Waals surface area contributed by atoms with E-state index in [2.05, 4.69) is 0 Å². The Labute approximate surface area is 105 Å². The molecule has 0 fully saturated rings. The van der Waals surface area contributed by atoms with Gasteiger partial charge in [-0.1, -0.05) is 0 Å². The maximum atomic E-state index is 11.8. The van der Waals surface area contributed by atoms with Gasteiger partial charge in [0, 0.05) is 46.9 Å². The molecule has 0 aromatic rings. The van der Waals surface area contributed by atoms with Gasteiger partial charge in [0.05, 0.1) is 0 Å². The van der Waals surface area contributed by atoms with E-state index in [1.807, 2.05) is 18.7 Å². The Hall–Kier alpha value is -0.433. The molecule has 0 N–H and O–H groups in total. The van der Waals surface area contributed by atoms with Crippen LogP contribution in [0.3, 0.4) is 0 Å². The van der Waals surface area contributed by atoms with Gasteiger partial charge in [-0.2, -0.15) is 0 Å². The number of hydrogen-bond acceptors (Lipinski definition) is 4. The fourth-order valence-electron chi connectivity index (χ4n) is 1.75. The molecule has 1 amide bonds. The minimum Gasteiger partial charge on any atom is -0.377 e. The number of carbonyl (C=O) groups is 1. The first-order valence-electron chi connectivity index (χ1n) is 6.02. The Kier molecular flexibility index (Phi) is 8.41. The van der Waals surface area contributed by atoms with Gasteiger partial charge in [-0.25, -0.2) is 0 Å². The minimum absolute atomic E-state index is 0.182. The monoisotopic (exact) mass is 263 g/mol. The zero-order valence-corrected chi connectivity index (χ0v) is 12.6. The molecule has 0 saturated carbocycles. The highest BCUT2D eigenvalue weighted by Crippen LogP contribution is 2.16. The molecule has 5 nitrogen and oxygen atoms in total. The van der Waals surface area contributed by atoms with Gasteiger partial charge in [0.2, 0.25) is 5.91 Å². The van der Waals surface area contributed by atoms with Crippen molar-refractivity contribution in [3.8, 4) is 0 Å². The zero-order chi connectivity index (χ0) is 13.3. The highest BCUT2D eigenvalue weighted by Gasteiger charge is 2.37. The minimum atomic E-state index is -2.51. The summed E-state index contributed by atoms with van der Waals surface area (Å²) in [5.41, 5.74) is 0. The van der Waals surface area contributed by atoms with Crippen molar-refractivity contribution in [2.45, 2.75) is 32.7 Å². The normalized spacial score (nSPS) is 11.6. The second kappa shape index (κ2) is 8.63. The third-order valence-electron chi connectivity index (χ3n) is 2.92. The van der Waals surface area contributed by atoms with E-state index in [0.29, 0.717) is 12.5 Å². The molecule has 0 heterocycles. The first kappa shape index (κ1) is 16.6. The number of hydrogen-bond donors (Lipinski definition) is 0.